The van der Waals surface area contributed by atoms with E-state index in [1.165, 1.54) is 18.9 Å². The molecule has 1 fully saturated rings. The fourth-order valence-corrected chi connectivity index (χ4v) is 2.44. The zero-order valence-corrected chi connectivity index (χ0v) is 11.7. The highest BCUT2D eigenvalue weighted by Crippen LogP contribution is 2.24. The molecule has 5 nitrogen and oxygen atoms in total. The van der Waals surface area contributed by atoms with Gasteiger partial charge in [0.15, 0.2) is 0 Å². The lowest BCUT2D eigenvalue weighted by Crippen LogP contribution is -2.44. The molecule has 2 atom stereocenters. The minimum atomic E-state index is -0.966. The van der Waals surface area contributed by atoms with Crippen molar-refractivity contribution in [2.45, 2.75) is 25.5 Å². The van der Waals surface area contributed by atoms with Crippen LogP contribution in [0.2, 0.25) is 0 Å². The van der Waals surface area contributed by atoms with Crippen LogP contribution < -0.4 is 5.73 Å². The van der Waals surface area contributed by atoms with E-state index in [1.807, 2.05) is 0 Å². The normalized spacial score (nSPS) is 21.6. The Morgan fingerprint density at radius 2 is 2.00 bits per heavy atom. The lowest BCUT2D eigenvalue weighted by molar-refractivity contribution is -0.121. The summed E-state index contributed by atoms with van der Waals surface area (Å²) in [5.74, 6) is -3.07. The van der Waals surface area contributed by atoms with Crippen LogP contribution in [0.15, 0.2) is 12.1 Å². The number of hydrogen-bond donors (Lipinski definition) is 1. The third-order valence-corrected chi connectivity index (χ3v) is 3.66. The predicted molar refractivity (Wildman–Crippen MR) is 70.5 cm³/mol. The van der Waals surface area contributed by atoms with E-state index in [4.69, 9.17) is 10.5 Å². The molecule has 1 aromatic carbocycles. The van der Waals surface area contributed by atoms with Crippen molar-refractivity contribution in [3.63, 3.8) is 0 Å². The Hall–Kier alpha value is -2.02. The van der Waals surface area contributed by atoms with Crippen molar-refractivity contribution >= 4 is 11.8 Å². The van der Waals surface area contributed by atoms with Gasteiger partial charge in [-0.1, -0.05) is 0 Å². The number of likely N-dealkylation sites (tertiary alicyclic amines) is 1. The van der Waals surface area contributed by atoms with Crippen molar-refractivity contribution < 1.29 is 23.1 Å². The van der Waals surface area contributed by atoms with Gasteiger partial charge in [0.2, 0.25) is 5.91 Å². The number of rotatable bonds is 3. The van der Waals surface area contributed by atoms with Gasteiger partial charge in [-0.25, -0.2) is 8.78 Å². The number of halogens is 2. The van der Waals surface area contributed by atoms with Crippen molar-refractivity contribution in [2.75, 3.05) is 13.7 Å². The molecule has 0 aromatic heterocycles. The third kappa shape index (κ3) is 2.87. The molecule has 0 aliphatic carbocycles. The van der Waals surface area contributed by atoms with Gasteiger partial charge < -0.3 is 15.4 Å². The molecular weight excluding hydrogens is 282 g/mol. The number of nitrogens with two attached hydrogens (primary N) is 1. The average Bonchev–Trinajstić information content (AvgIpc) is 2.86. The van der Waals surface area contributed by atoms with Crippen LogP contribution in [0.4, 0.5) is 8.78 Å². The second-order valence-electron chi connectivity index (χ2n) is 5.05. The minimum Gasteiger partial charge on any atom is -0.380 e. The van der Waals surface area contributed by atoms with Crippen molar-refractivity contribution in [3.05, 3.63) is 34.9 Å². The zero-order valence-electron chi connectivity index (χ0n) is 11.7. The molecule has 7 heteroatoms. The van der Waals surface area contributed by atoms with Gasteiger partial charge in [0.1, 0.15) is 17.7 Å². The van der Waals surface area contributed by atoms with Gasteiger partial charge in [-0.15, -0.1) is 0 Å². The van der Waals surface area contributed by atoms with Gasteiger partial charge >= 0.3 is 0 Å². The number of carbonyl (C=O) groups is 2. The maximum absolute atomic E-state index is 13.8. The Morgan fingerprint density at radius 3 is 2.57 bits per heavy atom. The number of methoxy groups -OCH3 is 1. The summed E-state index contributed by atoms with van der Waals surface area (Å²) in [5, 5.41) is 0. The Morgan fingerprint density at radius 1 is 1.33 bits per heavy atom. The van der Waals surface area contributed by atoms with Crippen LogP contribution in [0.25, 0.3) is 0 Å². The standard InChI is InChI=1S/C14H16F2N2O3/c1-7-3-9(11(16)5-10(7)15)14(20)18-6-8(21-2)4-12(18)13(17)19/h3,5,8,12H,4,6H2,1-2H3,(H2,17,19)/t8-,12-/m0/s1. The number of carbonyl (C=O) groups excluding carboxylic acids is 2. The number of nitrogens with zero attached hydrogens (tertiary/aromatic N) is 1. The van der Waals surface area contributed by atoms with E-state index in [-0.39, 0.29) is 30.2 Å². The molecule has 1 heterocycles. The second kappa shape index (κ2) is 5.77. The fraction of sp³-hybridized carbons (Fsp3) is 0.429. The summed E-state index contributed by atoms with van der Waals surface area (Å²) in [4.78, 5) is 25.0. The van der Waals surface area contributed by atoms with E-state index in [9.17, 15) is 18.4 Å². The molecule has 21 heavy (non-hydrogen) atoms. The number of benzene rings is 1. The second-order valence-corrected chi connectivity index (χ2v) is 5.05. The van der Waals surface area contributed by atoms with E-state index < -0.39 is 29.5 Å². The van der Waals surface area contributed by atoms with E-state index in [1.54, 1.807) is 0 Å². The topological polar surface area (TPSA) is 72.6 Å². The van der Waals surface area contributed by atoms with Crippen LogP contribution in [-0.4, -0.2) is 42.5 Å². The van der Waals surface area contributed by atoms with Crippen LogP contribution in [0.3, 0.4) is 0 Å². The molecule has 0 saturated carbocycles. The molecular formula is C14H16F2N2O3. The molecule has 1 aliphatic heterocycles. The maximum Gasteiger partial charge on any atom is 0.257 e. The maximum atomic E-state index is 13.8. The lowest BCUT2D eigenvalue weighted by Gasteiger charge is -2.22. The van der Waals surface area contributed by atoms with Crippen LogP contribution >= 0.6 is 0 Å². The number of hydrogen-bond acceptors (Lipinski definition) is 3. The Balaban J connectivity index is 2.34. The molecule has 0 spiro atoms. The largest absolute Gasteiger partial charge is 0.380 e. The van der Waals surface area contributed by atoms with Crippen molar-refractivity contribution in [2.24, 2.45) is 5.73 Å². The van der Waals surface area contributed by atoms with Crippen LogP contribution in [0.1, 0.15) is 22.3 Å². The Labute approximate surface area is 120 Å². The first kappa shape index (κ1) is 15.4. The van der Waals surface area contributed by atoms with Crippen molar-refractivity contribution in [1.29, 1.82) is 0 Å². The predicted octanol–water partition coefficient (Wildman–Crippen LogP) is 0.988. The zero-order chi connectivity index (χ0) is 15.7. The minimum absolute atomic E-state index is 0.138. The SMILES string of the molecule is CO[C@H]1C[C@@H](C(N)=O)N(C(=O)c2cc(C)c(F)cc2F)C1. The van der Waals surface area contributed by atoms with Gasteiger partial charge in [-0.2, -0.15) is 0 Å². The van der Waals surface area contributed by atoms with Gasteiger partial charge in [0.25, 0.3) is 5.91 Å². The molecule has 0 unspecified atom stereocenters. The van der Waals surface area contributed by atoms with Gasteiger partial charge in [-0.05, 0) is 18.6 Å². The molecule has 1 saturated heterocycles. The average molecular weight is 298 g/mol. The Bertz CT molecular complexity index is 592. The highest BCUT2D eigenvalue weighted by atomic mass is 19.1. The van der Waals surface area contributed by atoms with E-state index in [2.05, 4.69) is 0 Å². The lowest BCUT2D eigenvalue weighted by atomic mass is 10.1. The number of ether oxygens (including phenoxy) is 1. The number of aryl methyl sites for hydroxylation is 1. The summed E-state index contributed by atoms with van der Waals surface area (Å²) < 4.78 is 32.2. The first-order chi connectivity index (χ1) is 9.85. The molecule has 1 aromatic rings. The van der Waals surface area contributed by atoms with E-state index in [0.717, 1.165) is 6.07 Å². The summed E-state index contributed by atoms with van der Waals surface area (Å²) in [6.07, 6.45) is -0.0737. The molecule has 0 bridgehead atoms. The highest BCUT2D eigenvalue weighted by molar-refractivity contribution is 5.98. The fourth-order valence-electron chi connectivity index (χ4n) is 2.44. The summed E-state index contributed by atoms with van der Waals surface area (Å²) in [6.45, 7) is 1.57. The monoisotopic (exact) mass is 298 g/mol. The summed E-state index contributed by atoms with van der Waals surface area (Å²) in [7, 11) is 1.46. The van der Waals surface area contributed by atoms with Gasteiger partial charge in [-0.3, -0.25) is 9.59 Å². The van der Waals surface area contributed by atoms with Crippen LogP contribution in [0, 0.1) is 18.6 Å². The third-order valence-electron chi connectivity index (χ3n) is 3.66. The van der Waals surface area contributed by atoms with Gasteiger partial charge in [0.05, 0.1) is 11.7 Å². The molecule has 2 rings (SSSR count). The molecule has 2 amide bonds. The van der Waals surface area contributed by atoms with E-state index >= 15 is 0 Å². The van der Waals surface area contributed by atoms with Crippen LogP contribution in [0.5, 0.6) is 0 Å². The smallest absolute Gasteiger partial charge is 0.257 e. The van der Waals surface area contributed by atoms with Crippen LogP contribution in [-0.2, 0) is 9.53 Å². The van der Waals surface area contributed by atoms with Gasteiger partial charge in [0, 0.05) is 26.1 Å². The first-order valence-electron chi connectivity index (χ1n) is 6.43. The molecule has 1 aliphatic rings. The van der Waals surface area contributed by atoms with Crippen molar-refractivity contribution in [3.8, 4) is 0 Å². The number of amides is 2. The first-order valence-corrected chi connectivity index (χ1v) is 6.43. The molecule has 0 radical (unpaired) electrons. The molecule has 114 valence electrons. The highest BCUT2D eigenvalue weighted by Gasteiger charge is 2.39. The summed E-state index contributed by atoms with van der Waals surface area (Å²) in [6, 6.07) is 0.934. The quantitative estimate of drug-likeness (QED) is 0.904. The number of primary amides is 1. The molecule has 2 N–H and O–H groups in total. The summed E-state index contributed by atoms with van der Waals surface area (Å²) >= 11 is 0. The van der Waals surface area contributed by atoms with Crippen molar-refractivity contribution in [1.82, 2.24) is 4.90 Å². The summed E-state index contributed by atoms with van der Waals surface area (Å²) in [5.41, 5.74) is 5.14. The van der Waals surface area contributed by atoms with E-state index in [0.29, 0.717) is 6.07 Å². The Kier molecular flexibility index (Phi) is 4.22.